The van der Waals surface area contributed by atoms with Crippen LogP contribution in [0.25, 0.3) is 11.1 Å². The van der Waals surface area contributed by atoms with E-state index in [9.17, 15) is 15.3 Å². The molecule has 0 radical (unpaired) electrons. The van der Waals surface area contributed by atoms with E-state index in [1.54, 1.807) is 21.3 Å². The fourth-order valence-electron chi connectivity index (χ4n) is 7.39. The number of rotatable bonds is 21. The summed E-state index contributed by atoms with van der Waals surface area (Å²) in [5.74, 6) is 0. The Hall–Kier alpha value is -4.89. The normalized spacial score (nSPS) is 11.8. The van der Waals surface area contributed by atoms with Gasteiger partial charge in [-0.25, -0.2) is 0 Å². The second kappa shape index (κ2) is 20.7. The third-order valence-corrected chi connectivity index (χ3v) is 17.5. The van der Waals surface area contributed by atoms with Crippen molar-refractivity contribution in [2.75, 3.05) is 49.8 Å². The highest BCUT2D eigenvalue weighted by Gasteiger charge is 2.34. The zero-order valence-corrected chi connectivity index (χ0v) is 35.8. The van der Waals surface area contributed by atoms with Gasteiger partial charge in [0.15, 0.2) is 0 Å². The number of anilines is 6. The highest BCUT2D eigenvalue weighted by atomic mass is 28.4. The molecule has 0 amide bonds. The van der Waals surface area contributed by atoms with Crippen LogP contribution < -0.4 is 9.80 Å². The van der Waals surface area contributed by atoms with E-state index >= 15 is 0 Å². The van der Waals surface area contributed by atoms with E-state index in [-0.39, 0.29) is 18.7 Å². The third kappa shape index (κ3) is 10.4. The van der Waals surface area contributed by atoms with Gasteiger partial charge >= 0.3 is 8.56 Å². The van der Waals surface area contributed by atoms with Crippen LogP contribution in [0.4, 0.5) is 34.1 Å². The molecular weight excluding hydrogens is 757 g/mol. The highest BCUT2D eigenvalue weighted by molar-refractivity contribution is 6.73. The molecule has 0 fully saturated rings. The summed E-state index contributed by atoms with van der Waals surface area (Å²) in [4.78, 5) is 4.54. The first-order valence-corrected chi connectivity index (χ1v) is 24.7. The van der Waals surface area contributed by atoms with Gasteiger partial charge in [0.05, 0.1) is 18.7 Å². The third-order valence-electron chi connectivity index (χ3n) is 11.1. The van der Waals surface area contributed by atoms with Crippen molar-refractivity contribution in [3.63, 3.8) is 0 Å². The molecule has 0 atom stereocenters. The Morgan fingerprint density at radius 2 is 0.741 bits per heavy atom. The maximum atomic E-state index is 9.83. The lowest BCUT2D eigenvalue weighted by Crippen LogP contribution is -2.46. The second-order valence-corrected chi connectivity index (χ2v) is 22.0. The summed E-state index contributed by atoms with van der Waals surface area (Å²) in [6, 6.07) is 57.1. The molecule has 6 rings (SSSR count). The number of benzene rings is 6. The summed E-state index contributed by atoms with van der Waals surface area (Å²) in [7, 11) is -0.159. The number of hydrogen-bond donors (Lipinski definition) is 3. The molecule has 0 bridgehead atoms. The molecule has 302 valence electrons. The lowest BCUT2D eigenvalue weighted by atomic mass is 10.0. The second-order valence-electron chi connectivity index (χ2n) is 14.7. The van der Waals surface area contributed by atoms with Gasteiger partial charge < -0.3 is 38.4 Å². The quantitative estimate of drug-likeness (QED) is 0.0619. The number of hydrogen-bond acceptors (Lipinski definition) is 8. The van der Waals surface area contributed by atoms with Gasteiger partial charge in [0.25, 0.3) is 0 Å². The van der Waals surface area contributed by atoms with E-state index in [2.05, 4.69) is 155 Å². The molecule has 8 nitrogen and oxygen atoms in total. The summed E-state index contributed by atoms with van der Waals surface area (Å²) in [6.45, 7) is 0. The molecule has 0 aliphatic rings. The van der Waals surface area contributed by atoms with Gasteiger partial charge in [-0.3, -0.25) is 0 Å². The monoisotopic (exact) mass is 812 g/mol. The van der Waals surface area contributed by atoms with Crippen molar-refractivity contribution < 1.29 is 28.6 Å². The summed E-state index contributed by atoms with van der Waals surface area (Å²) in [5.41, 5.74) is 11.1. The number of nitrogens with zero attached hydrogens (tertiary/aromatic N) is 2. The molecule has 0 saturated heterocycles. The maximum absolute atomic E-state index is 9.83. The van der Waals surface area contributed by atoms with Crippen molar-refractivity contribution >= 4 is 51.0 Å². The van der Waals surface area contributed by atoms with Gasteiger partial charge in [-0.2, -0.15) is 0 Å². The van der Waals surface area contributed by atoms with Gasteiger partial charge in [0.2, 0.25) is 8.32 Å². The largest absolute Gasteiger partial charge is 0.415 e. The van der Waals surface area contributed by atoms with E-state index in [0.717, 1.165) is 77.0 Å². The van der Waals surface area contributed by atoms with Crippen LogP contribution in [0, 0.1) is 0 Å². The summed E-state index contributed by atoms with van der Waals surface area (Å²) in [6.07, 6.45) is 3.29. The highest BCUT2D eigenvalue weighted by Crippen LogP contribution is 2.38. The summed E-state index contributed by atoms with van der Waals surface area (Å²) >= 11 is 0. The van der Waals surface area contributed by atoms with E-state index in [1.807, 2.05) is 12.1 Å². The van der Waals surface area contributed by atoms with Crippen LogP contribution in [0.15, 0.2) is 158 Å². The van der Waals surface area contributed by atoms with Gasteiger partial charge in [0, 0.05) is 55.5 Å². The van der Waals surface area contributed by atoms with Gasteiger partial charge in [-0.15, -0.1) is 0 Å². The SMILES string of the molecule is CO[Si](CO)(CO)CCCc1ccc(N(c2ccccc2)c2ccc(-c3ccc(N(c4ccccc4)c4ccc(CCC[Si](CO)(OC)OC)cc4)cc3)cc2)cc1. The van der Waals surface area contributed by atoms with Crippen LogP contribution in [0.3, 0.4) is 0 Å². The Morgan fingerprint density at radius 1 is 0.397 bits per heavy atom. The predicted octanol–water partition coefficient (Wildman–Crippen LogP) is 10.1. The minimum absolute atomic E-state index is 0.0437. The fraction of sp³-hybridized carbons (Fsp3) is 0.250. The first-order valence-electron chi connectivity index (χ1n) is 20.0. The van der Waals surface area contributed by atoms with Crippen molar-refractivity contribution in [2.24, 2.45) is 0 Å². The first-order chi connectivity index (χ1) is 28.4. The van der Waals surface area contributed by atoms with Gasteiger partial charge in [-0.05, 0) is 133 Å². The van der Waals surface area contributed by atoms with Crippen LogP contribution in [0.5, 0.6) is 0 Å². The molecule has 0 heterocycles. The van der Waals surface area contributed by atoms with Crippen LogP contribution >= 0.6 is 0 Å². The molecule has 3 N–H and O–H groups in total. The maximum Gasteiger partial charge on any atom is 0.364 e. The minimum atomic E-state index is -2.53. The average Bonchev–Trinajstić information content (AvgIpc) is 3.29. The Kier molecular flexibility index (Phi) is 15.2. The van der Waals surface area contributed by atoms with E-state index in [0.29, 0.717) is 6.04 Å². The van der Waals surface area contributed by atoms with Crippen LogP contribution in [-0.4, -0.2) is 72.2 Å². The number of aryl methyl sites for hydroxylation is 2. The van der Waals surface area contributed by atoms with E-state index in [4.69, 9.17) is 13.3 Å². The minimum Gasteiger partial charge on any atom is -0.415 e. The summed E-state index contributed by atoms with van der Waals surface area (Å²) < 4.78 is 16.7. The van der Waals surface area contributed by atoms with Crippen molar-refractivity contribution in [3.8, 4) is 11.1 Å². The van der Waals surface area contributed by atoms with E-state index < -0.39 is 16.9 Å². The smallest absolute Gasteiger partial charge is 0.364 e. The molecular formula is C48H56N2O6Si2. The van der Waals surface area contributed by atoms with Crippen molar-refractivity contribution in [1.82, 2.24) is 0 Å². The topological polar surface area (TPSA) is 94.9 Å². The fourth-order valence-corrected chi connectivity index (χ4v) is 10.8. The van der Waals surface area contributed by atoms with Crippen LogP contribution in [-0.2, 0) is 26.1 Å². The molecule has 10 heteroatoms. The molecule has 6 aromatic carbocycles. The Morgan fingerprint density at radius 3 is 1.07 bits per heavy atom. The molecule has 0 aromatic heterocycles. The van der Waals surface area contributed by atoms with E-state index in [1.165, 1.54) is 11.1 Å². The first kappa shape index (κ1) is 42.7. The average molecular weight is 813 g/mol. The predicted molar refractivity (Wildman–Crippen MR) is 241 cm³/mol. The van der Waals surface area contributed by atoms with Crippen molar-refractivity contribution in [3.05, 3.63) is 169 Å². The molecule has 0 spiro atoms. The van der Waals surface area contributed by atoms with Gasteiger partial charge in [0.1, 0.15) is 0 Å². The molecule has 0 unspecified atom stereocenters. The Balaban J connectivity index is 1.18. The van der Waals surface area contributed by atoms with Crippen LogP contribution in [0.1, 0.15) is 24.0 Å². The zero-order chi connectivity index (χ0) is 40.8. The molecule has 0 saturated carbocycles. The molecule has 6 aromatic rings. The number of para-hydroxylation sites is 2. The number of aliphatic hydroxyl groups is 3. The lowest BCUT2D eigenvalue weighted by Gasteiger charge is -2.26. The lowest BCUT2D eigenvalue weighted by molar-refractivity contribution is 0.196. The Labute approximate surface area is 345 Å². The molecule has 58 heavy (non-hydrogen) atoms. The molecule has 0 aliphatic carbocycles. The van der Waals surface area contributed by atoms with Crippen molar-refractivity contribution in [1.29, 1.82) is 0 Å². The number of aliphatic hydroxyl groups excluding tert-OH is 3. The van der Waals surface area contributed by atoms with Gasteiger partial charge in [-0.1, -0.05) is 84.9 Å². The molecule has 0 aliphatic heterocycles. The Bertz CT molecular complexity index is 1930. The standard InChI is InChI=1S/C48H56N2O6Si2/c1-54-57(36-51,37-52)34-10-12-39-18-26-45(27-19-39)49(43-14-6-4-7-15-43)47-30-22-41(23-31-47)42-24-32-48(33-25-42)50(44-16-8-5-9-17-44)46-28-20-40(21-29-46)13-11-35-58(38-53,55-2)56-3/h4-9,14-33,51-53H,10-13,34-38H2,1-3H3. The summed E-state index contributed by atoms with van der Waals surface area (Å²) in [5, 5.41) is 29.4. The van der Waals surface area contributed by atoms with Crippen molar-refractivity contribution in [2.45, 2.75) is 37.8 Å². The van der Waals surface area contributed by atoms with Crippen LogP contribution in [0.2, 0.25) is 12.1 Å². The zero-order valence-electron chi connectivity index (χ0n) is 33.8.